The van der Waals surface area contributed by atoms with Gasteiger partial charge in [0.15, 0.2) is 22.4 Å². The number of aromatic nitrogens is 3. The van der Waals surface area contributed by atoms with Crippen LogP contribution in [0.4, 0.5) is 0 Å². The van der Waals surface area contributed by atoms with Gasteiger partial charge in [0.25, 0.3) is 5.56 Å². The molecule has 0 unspecified atom stereocenters. The van der Waals surface area contributed by atoms with Crippen molar-refractivity contribution >= 4 is 45.5 Å². The molecule has 0 aliphatic carbocycles. The Morgan fingerprint density at radius 3 is 2.59 bits per heavy atom. The fraction of sp³-hybridized carbons (Fsp3) is 0.250. The van der Waals surface area contributed by atoms with E-state index in [0.717, 1.165) is 22.7 Å². The Balaban J connectivity index is 1.83. The van der Waals surface area contributed by atoms with Gasteiger partial charge in [-0.05, 0) is 25.1 Å². The normalized spacial score (nSPS) is 11.0. The van der Waals surface area contributed by atoms with Gasteiger partial charge < -0.3 is 19.2 Å². The number of carbonyl (C=O) groups is 2. The second-order valence-electron chi connectivity index (χ2n) is 7.28. The zero-order valence-electron chi connectivity index (χ0n) is 18.9. The van der Waals surface area contributed by atoms with Gasteiger partial charge in [0.2, 0.25) is 0 Å². The maximum atomic E-state index is 13.6. The summed E-state index contributed by atoms with van der Waals surface area (Å²) in [5.41, 5.74) is 1.81. The first-order valence-corrected chi connectivity index (χ1v) is 11.5. The number of H-pyrrole nitrogens is 1. The summed E-state index contributed by atoms with van der Waals surface area (Å²) in [4.78, 5) is 45.6. The average Bonchev–Trinajstić information content (AvgIpc) is 3.21. The minimum atomic E-state index is -0.578. The monoisotopic (exact) mass is 481 g/mol. The number of thioether (sulfide) groups is 1. The number of ketones is 1. The van der Waals surface area contributed by atoms with Crippen molar-refractivity contribution in [1.29, 1.82) is 0 Å². The lowest BCUT2D eigenvalue weighted by atomic mass is 10.2. The second kappa shape index (κ2) is 10.0. The Hall–Kier alpha value is -3.79. The largest absolute Gasteiger partial charge is 0.493 e. The molecule has 2 aromatic carbocycles. The molecule has 4 rings (SSSR count). The Labute approximate surface area is 199 Å². The van der Waals surface area contributed by atoms with E-state index in [2.05, 4.69) is 4.98 Å². The highest BCUT2D eigenvalue weighted by atomic mass is 32.2. The minimum Gasteiger partial charge on any atom is -0.493 e. The third-order valence-electron chi connectivity index (χ3n) is 5.13. The molecule has 176 valence electrons. The summed E-state index contributed by atoms with van der Waals surface area (Å²) in [7, 11) is 3.03. The summed E-state index contributed by atoms with van der Waals surface area (Å²) in [6.45, 7) is 1.89. The van der Waals surface area contributed by atoms with Crippen LogP contribution >= 0.6 is 11.8 Å². The van der Waals surface area contributed by atoms with Crippen molar-refractivity contribution in [2.24, 2.45) is 0 Å². The number of nitrogens with zero attached hydrogens (tertiary/aromatic N) is 2. The number of carbonyl (C=O) groups excluding carboxylic acids is 2. The van der Waals surface area contributed by atoms with Crippen molar-refractivity contribution in [2.75, 3.05) is 26.6 Å². The second-order valence-corrected chi connectivity index (χ2v) is 8.22. The highest BCUT2D eigenvalue weighted by Crippen LogP contribution is 2.31. The molecule has 0 atom stereocenters. The van der Waals surface area contributed by atoms with Crippen LogP contribution in [0.1, 0.15) is 13.3 Å². The lowest BCUT2D eigenvalue weighted by Gasteiger charge is -2.14. The van der Waals surface area contributed by atoms with E-state index in [0.29, 0.717) is 33.4 Å². The first-order valence-electron chi connectivity index (χ1n) is 10.5. The van der Waals surface area contributed by atoms with E-state index < -0.39 is 5.97 Å². The Kier molecular flexibility index (Phi) is 6.87. The molecule has 10 heteroatoms. The number of Topliss-reactive ketones (excluding diaryl/α,β-unsaturated/α-hetero) is 1. The number of esters is 1. The fourth-order valence-corrected chi connectivity index (χ4v) is 4.47. The average molecular weight is 482 g/mol. The van der Waals surface area contributed by atoms with Crippen LogP contribution in [0, 0.1) is 0 Å². The quantitative estimate of drug-likeness (QED) is 0.167. The van der Waals surface area contributed by atoms with Crippen molar-refractivity contribution in [3.63, 3.8) is 0 Å². The van der Waals surface area contributed by atoms with Crippen molar-refractivity contribution in [1.82, 2.24) is 14.5 Å². The highest BCUT2D eigenvalue weighted by molar-refractivity contribution is 7.99. The van der Waals surface area contributed by atoms with E-state index in [9.17, 15) is 14.4 Å². The molecule has 1 N–H and O–H groups in total. The van der Waals surface area contributed by atoms with Crippen LogP contribution in [-0.4, -0.2) is 52.9 Å². The number of nitrogens with one attached hydrogen (secondary N) is 1. The molecule has 9 nitrogen and oxygen atoms in total. The van der Waals surface area contributed by atoms with Crippen molar-refractivity contribution in [3.8, 4) is 17.2 Å². The predicted molar refractivity (Wildman–Crippen MR) is 129 cm³/mol. The Morgan fingerprint density at radius 2 is 1.85 bits per heavy atom. The maximum Gasteiger partial charge on any atom is 0.313 e. The number of para-hydroxylation sites is 1. The topological polar surface area (TPSA) is 113 Å². The van der Waals surface area contributed by atoms with Gasteiger partial charge >= 0.3 is 5.97 Å². The summed E-state index contributed by atoms with van der Waals surface area (Å²) in [6, 6.07) is 12.6. The zero-order valence-corrected chi connectivity index (χ0v) is 19.7. The number of aromatic amines is 1. The van der Waals surface area contributed by atoms with Crippen LogP contribution in [-0.2, 0) is 14.3 Å². The van der Waals surface area contributed by atoms with Gasteiger partial charge in [-0.25, -0.2) is 4.98 Å². The first kappa shape index (κ1) is 23.4. The van der Waals surface area contributed by atoms with Gasteiger partial charge in [-0.3, -0.25) is 19.0 Å². The van der Waals surface area contributed by atoms with E-state index in [4.69, 9.17) is 19.2 Å². The Bertz CT molecular complexity index is 1440. The summed E-state index contributed by atoms with van der Waals surface area (Å²) in [5.74, 6) is 0.00335. The molecule has 0 amide bonds. The molecule has 0 aliphatic rings. The van der Waals surface area contributed by atoms with E-state index >= 15 is 0 Å². The number of fused-ring (bicyclic) bond motifs is 3. The molecule has 0 aliphatic heterocycles. The minimum absolute atomic E-state index is 0.0492. The molecule has 0 radical (unpaired) electrons. The van der Waals surface area contributed by atoms with Gasteiger partial charge in [-0.2, -0.15) is 0 Å². The van der Waals surface area contributed by atoms with Gasteiger partial charge in [0, 0.05) is 17.0 Å². The van der Waals surface area contributed by atoms with E-state index in [1.165, 1.54) is 18.8 Å². The van der Waals surface area contributed by atoms with Crippen LogP contribution in [0.15, 0.2) is 52.4 Å². The lowest BCUT2D eigenvalue weighted by molar-refractivity contribution is -0.145. The van der Waals surface area contributed by atoms with E-state index in [-0.39, 0.29) is 30.1 Å². The molecule has 0 spiro atoms. The molecular weight excluding hydrogens is 458 g/mol. The SMILES string of the molecule is CCOC(=O)CC(=O)CSc1nc2c([nH]c3ccccc32)c(=O)n1-c1ccc(OC)c(OC)c1. The van der Waals surface area contributed by atoms with Crippen molar-refractivity contribution in [3.05, 3.63) is 52.8 Å². The summed E-state index contributed by atoms with van der Waals surface area (Å²) >= 11 is 1.08. The number of ether oxygens (including phenoxy) is 3. The van der Waals surface area contributed by atoms with Gasteiger partial charge in [0.1, 0.15) is 17.5 Å². The molecule has 0 saturated carbocycles. The summed E-state index contributed by atoms with van der Waals surface area (Å²) in [6.07, 6.45) is -0.337. The molecule has 34 heavy (non-hydrogen) atoms. The molecular formula is C24H23N3O6S. The van der Waals surface area contributed by atoms with E-state index in [1.807, 2.05) is 24.3 Å². The smallest absolute Gasteiger partial charge is 0.313 e. The molecule has 2 aromatic heterocycles. The third-order valence-corrected chi connectivity index (χ3v) is 6.13. The van der Waals surface area contributed by atoms with Gasteiger partial charge in [-0.1, -0.05) is 30.0 Å². The molecule has 2 heterocycles. The van der Waals surface area contributed by atoms with Gasteiger partial charge in [-0.15, -0.1) is 0 Å². The molecule has 4 aromatic rings. The number of rotatable bonds is 9. The fourth-order valence-electron chi connectivity index (χ4n) is 3.60. The maximum absolute atomic E-state index is 13.6. The van der Waals surface area contributed by atoms with Crippen LogP contribution in [0.3, 0.4) is 0 Å². The van der Waals surface area contributed by atoms with Crippen LogP contribution in [0.5, 0.6) is 11.5 Å². The third kappa shape index (κ3) is 4.49. The van der Waals surface area contributed by atoms with E-state index in [1.54, 1.807) is 25.1 Å². The van der Waals surface area contributed by atoms with Crippen LogP contribution < -0.4 is 15.0 Å². The number of methoxy groups -OCH3 is 2. The number of hydrogen-bond donors (Lipinski definition) is 1. The number of hydrogen-bond acceptors (Lipinski definition) is 8. The molecule has 0 saturated heterocycles. The zero-order chi connectivity index (χ0) is 24.2. The van der Waals surface area contributed by atoms with Crippen molar-refractivity contribution in [2.45, 2.75) is 18.5 Å². The van der Waals surface area contributed by atoms with Crippen LogP contribution in [0.2, 0.25) is 0 Å². The molecule has 0 bridgehead atoms. The molecule has 0 fully saturated rings. The lowest BCUT2D eigenvalue weighted by Crippen LogP contribution is -2.22. The highest BCUT2D eigenvalue weighted by Gasteiger charge is 2.20. The van der Waals surface area contributed by atoms with Crippen molar-refractivity contribution < 1.29 is 23.8 Å². The van der Waals surface area contributed by atoms with Crippen LogP contribution in [0.25, 0.3) is 27.6 Å². The summed E-state index contributed by atoms with van der Waals surface area (Å²) in [5, 5.41) is 1.11. The van der Waals surface area contributed by atoms with Gasteiger partial charge in [0.05, 0.1) is 32.3 Å². The Morgan fingerprint density at radius 1 is 1.09 bits per heavy atom. The standard InChI is InChI=1S/C24H23N3O6S/c1-4-33-20(29)12-15(28)13-34-24-26-21-16-7-5-6-8-17(16)25-22(21)23(30)27(24)14-9-10-18(31-2)19(11-14)32-3/h5-11,25H,4,12-13H2,1-3H3. The number of benzene rings is 2. The first-order chi connectivity index (χ1) is 16.5. The predicted octanol–water partition coefficient (Wildman–Crippen LogP) is 3.50. The summed E-state index contributed by atoms with van der Waals surface area (Å²) < 4.78 is 17.0.